The summed E-state index contributed by atoms with van der Waals surface area (Å²) in [7, 11) is 3.29. The Kier molecular flexibility index (Phi) is 4.63. The Balaban J connectivity index is 1.56. The highest BCUT2D eigenvalue weighted by Gasteiger charge is 2.15. The third kappa shape index (κ3) is 3.43. The lowest BCUT2D eigenvalue weighted by molar-refractivity contribution is 0.174. The molecule has 0 spiro atoms. The van der Waals surface area contributed by atoms with E-state index in [9.17, 15) is 0 Å². The Hall–Kier alpha value is -3.14. The molecule has 0 saturated carbocycles. The van der Waals surface area contributed by atoms with Crippen LogP contribution in [0.25, 0.3) is 11.1 Å². The highest BCUT2D eigenvalue weighted by Crippen LogP contribution is 2.36. The van der Waals surface area contributed by atoms with E-state index in [1.165, 1.54) is 16.7 Å². The van der Waals surface area contributed by atoms with Gasteiger partial charge in [0.1, 0.15) is 0 Å². The largest absolute Gasteiger partial charge is 0.493 e. The maximum atomic E-state index is 5.51. The van der Waals surface area contributed by atoms with Gasteiger partial charge >= 0.3 is 0 Å². The third-order valence-corrected chi connectivity index (χ3v) is 4.90. The van der Waals surface area contributed by atoms with Crippen molar-refractivity contribution in [2.24, 2.45) is 0 Å². The molecule has 4 heteroatoms. The molecule has 0 amide bonds. The molecule has 0 unspecified atom stereocenters. The summed E-state index contributed by atoms with van der Waals surface area (Å²) < 4.78 is 21.7. The van der Waals surface area contributed by atoms with Gasteiger partial charge in [0.2, 0.25) is 6.79 Å². The molecule has 0 fully saturated rings. The summed E-state index contributed by atoms with van der Waals surface area (Å²) in [6, 6.07) is 18.7. The van der Waals surface area contributed by atoms with Gasteiger partial charge in [0.15, 0.2) is 23.0 Å². The molecule has 1 aliphatic rings. The zero-order valence-corrected chi connectivity index (χ0v) is 15.7. The molecule has 1 aliphatic heterocycles. The molecule has 3 aromatic carbocycles. The first-order valence-electron chi connectivity index (χ1n) is 8.88. The predicted octanol–water partition coefficient (Wildman–Crippen LogP) is 5.00. The zero-order chi connectivity index (χ0) is 18.8. The van der Waals surface area contributed by atoms with Crippen LogP contribution in [-0.2, 0) is 6.42 Å². The van der Waals surface area contributed by atoms with E-state index in [-0.39, 0.29) is 0 Å². The van der Waals surface area contributed by atoms with E-state index in [4.69, 9.17) is 18.9 Å². The van der Waals surface area contributed by atoms with Crippen molar-refractivity contribution in [1.29, 1.82) is 0 Å². The fourth-order valence-corrected chi connectivity index (χ4v) is 3.33. The van der Waals surface area contributed by atoms with Gasteiger partial charge in [0.25, 0.3) is 0 Å². The van der Waals surface area contributed by atoms with Gasteiger partial charge < -0.3 is 18.9 Å². The summed E-state index contributed by atoms with van der Waals surface area (Å²) in [5, 5.41) is 0. The summed E-state index contributed by atoms with van der Waals surface area (Å²) in [6.45, 7) is 2.41. The second-order valence-electron chi connectivity index (χ2n) is 6.58. The molecule has 0 saturated heterocycles. The number of rotatable bonds is 5. The molecule has 0 N–H and O–H groups in total. The SMILES string of the molecule is COc1ccc(-c2ccc(Cc3cc4c(cc3C)OCO4)cc2)cc1OC. The summed E-state index contributed by atoms with van der Waals surface area (Å²) in [5.41, 5.74) is 5.95. The van der Waals surface area contributed by atoms with E-state index in [1.807, 2.05) is 18.2 Å². The third-order valence-electron chi connectivity index (χ3n) is 4.90. The smallest absolute Gasteiger partial charge is 0.231 e. The lowest BCUT2D eigenvalue weighted by Gasteiger charge is -2.11. The van der Waals surface area contributed by atoms with Crippen LogP contribution in [0, 0.1) is 6.92 Å². The normalized spacial score (nSPS) is 12.1. The molecule has 1 heterocycles. The molecule has 4 nitrogen and oxygen atoms in total. The van der Waals surface area contributed by atoms with Crippen molar-refractivity contribution in [3.63, 3.8) is 0 Å². The maximum Gasteiger partial charge on any atom is 0.231 e. The van der Waals surface area contributed by atoms with Crippen molar-refractivity contribution in [3.05, 3.63) is 71.3 Å². The monoisotopic (exact) mass is 362 g/mol. The minimum absolute atomic E-state index is 0.304. The van der Waals surface area contributed by atoms with E-state index < -0.39 is 0 Å². The summed E-state index contributed by atoms with van der Waals surface area (Å²) >= 11 is 0. The van der Waals surface area contributed by atoms with Crippen LogP contribution in [0.5, 0.6) is 23.0 Å². The molecule has 3 aromatic rings. The molecule has 0 aliphatic carbocycles. The Morgan fingerprint density at radius 2 is 1.44 bits per heavy atom. The van der Waals surface area contributed by atoms with Gasteiger partial charge in [-0.25, -0.2) is 0 Å². The maximum absolute atomic E-state index is 5.51. The van der Waals surface area contributed by atoms with Gasteiger partial charge in [-0.15, -0.1) is 0 Å². The van der Waals surface area contributed by atoms with Crippen molar-refractivity contribution in [2.45, 2.75) is 13.3 Å². The predicted molar refractivity (Wildman–Crippen MR) is 105 cm³/mol. The fourth-order valence-electron chi connectivity index (χ4n) is 3.33. The molecule has 0 bridgehead atoms. The van der Waals surface area contributed by atoms with Gasteiger partial charge in [-0.3, -0.25) is 0 Å². The first kappa shape index (κ1) is 17.3. The Morgan fingerprint density at radius 1 is 0.778 bits per heavy atom. The number of hydrogen-bond donors (Lipinski definition) is 0. The highest BCUT2D eigenvalue weighted by atomic mass is 16.7. The molecule has 4 rings (SSSR count). The van der Waals surface area contributed by atoms with Crippen LogP contribution >= 0.6 is 0 Å². The van der Waals surface area contributed by atoms with E-state index in [0.717, 1.165) is 40.5 Å². The van der Waals surface area contributed by atoms with Gasteiger partial charge in [-0.1, -0.05) is 30.3 Å². The topological polar surface area (TPSA) is 36.9 Å². The minimum atomic E-state index is 0.304. The number of hydrogen-bond acceptors (Lipinski definition) is 4. The van der Waals surface area contributed by atoms with Crippen molar-refractivity contribution in [2.75, 3.05) is 21.0 Å². The number of ether oxygens (including phenoxy) is 4. The second-order valence-corrected chi connectivity index (χ2v) is 6.58. The lowest BCUT2D eigenvalue weighted by atomic mass is 9.97. The number of aryl methyl sites for hydroxylation is 1. The van der Waals surface area contributed by atoms with Crippen LogP contribution in [0.15, 0.2) is 54.6 Å². The molecule has 0 aromatic heterocycles. The van der Waals surface area contributed by atoms with Gasteiger partial charge in [0, 0.05) is 0 Å². The summed E-state index contributed by atoms with van der Waals surface area (Å²) in [4.78, 5) is 0. The Labute approximate surface area is 159 Å². The molecule has 27 heavy (non-hydrogen) atoms. The fraction of sp³-hybridized carbons (Fsp3) is 0.217. The molecule has 0 radical (unpaired) electrons. The van der Waals surface area contributed by atoms with Crippen LogP contribution in [0.1, 0.15) is 16.7 Å². The van der Waals surface area contributed by atoms with Crippen LogP contribution < -0.4 is 18.9 Å². The highest BCUT2D eigenvalue weighted by molar-refractivity contribution is 5.67. The van der Waals surface area contributed by atoms with Crippen LogP contribution in [0.4, 0.5) is 0 Å². The van der Waals surface area contributed by atoms with Gasteiger partial charge in [-0.05, 0) is 65.4 Å². The quantitative estimate of drug-likeness (QED) is 0.640. The average molecular weight is 362 g/mol. The van der Waals surface area contributed by atoms with Crippen molar-refractivity contribution >= 4 is 0 Å². The van der Waals surface area contributed by atoms with Crippen LogP contribution in [0.3, 0.4) is 0 Å². The van der Waals surface area contributed by atoms with Crippen LogP contribution in [0.2, 0.25) is 0 Å². The Bertz CT molecular complexity index is 961. The first-order valence-corrected chi connectivity index (χ1v) is 8.88. The Morgan fingerprint density at radius 3 is 2.15 bits per heavy atom. The second kappa shape index (κ2) is 7.23. The molecule has 0 atom stereocenters. The van der Waals surface area contributed by atoms with Gasteiger partial charge in [0.05, 0.1) is 14.2 Å². The zero-order valence-electron chi connectivity index (χ0n) is 15.7. The van der Waals surface area contributed by atoms with Crippen LogP contribution in [-0.4, -0.2) is 21.0 Å². The molecular formula is C23H22O4. The molecular weight excluding hydrogens is 340 g/mol. The van der Waals surface area contributed by atoms with Crippen molar-refractivity contribution in [1.82, 2.24) is 0 Å². The van der Waals surface area contributed by atoms with E-state index >= 15 is 0 Å². The van der Waals surface area contributed by atoms with Crippen molar-refractivity contribution in [3.8, 4) is 34.1 Å². The number of benzene rings is 3. The molecule has 138 valence electrons. The number of fused-ring (bicyclic) bond motifs is 1. The van der Waals surface area contributed by atoms with E-state index in [0.29, 0.717) is 6.79 Å². The van der Waals surface area contributed by atoms with Gasteiger partial charge in [-0.2, -0.15) is 0 Å². The van der Waals surface area contributed by atoms with E-state index in [2.05, 4.69) is 43.3 Å². The first-order chi connectivity index (χ1) is 13.2. The average Bonchev–Trinajstić information content (AvgIpc) is 3.15. The number of methoxy groups -OCH3 is 2. The standard InChI is InChI=1S/C23H22O4/c1-15-10-22-23(27-14-26-22)13-19(15)11-16-4-6-17(7-5-16)18-8-9-20(24-2)21(12-18)25-3/h4-10,12-13H,11,14H2,1-3H3. The minimum Gasteiger partial charge on any atom is -0.493 e. The van der Waals surface area contributed by atoms with E-state index in [1.54, 1.807) is 14.2 Å². The lowest BCUT2D eigenvalue weighted by Crippen LogP contribution is -1.93. The summed E-state index contributed by atoms with van der Waals surface area (Å²) in [6.07, 6.45) is 0.856. The summed E-state index contributed by atoms with van der Waals surface area (Å²) in [5.74, 6) is 3.13. The van der Waals surface area contributed by atoms with Crippen molar-refractivity contribution < 1.29 is 18.9 Å².